The minimum atomic E-state index is -1.02. The summed E-state index contributed by atoms with van der Waals surface area (Å²) in [5.41, 5.74) is 0.128. The van der Waals surface area contributed by atoms with Gasteiger partial charge in [0.2, 0.25) is 5.95 Å². The van der Waals surface area contributed by atoms with Gasteiger partial charge in [0, 0.05) is 30.4 Å². The van der Waals surface area contributed by atoms with Crippen LogP contribution in [0.2, 0.25) is 0 Å². The molecule has 1 aromatic heterocycles. The lowest BCUT2D eigenvalue weighted by Crippen LogP contribution is -2.40. The topological polar surface area (TPSA) is 78.9 Å². The average Bonchev–Trinajstić information content (AvgIpc) is 2.66. The molecule has 1 amide bonds. The number of carbonyl (C=O) groups excluding carboxylic acids is 1. The highest BCUT2D eigenvalue weighted by atomic mass is 35.5. The second-order valence-corrected chi connectivity index (χ2v) is 6.59. The predicted octanol–water partition coefficient (Wildman–Crippen LogP) is 3.76. The van der Waals surface area contributed by atoms with Crippen LogP contribution in [-0.4, -0.2) is 34.5 Å². The number of hydrogen-bond acceptors (Lipinski definition) is 5. The highest BCUT2D eigenvalue weighted by Crippen LogP contribution is 2.22. The van der Waals surface area contributed by atoms with Crippen molar-refractivity contribution in [1.82, 2.24) is 15.3 Å². The van der Waals surface area contributed by atoms with Crippen LogP contribution >= 0.6 is 12.4 Å². The third-order valence-electron chi connectivity index (χ3n) is 4.59. The van der Waals surface area contributed by atoms with Gasteiger partial charge in [0.15, 0.2) is 11.6 Å². The first-order valence-corrected chi connectivity index (χ1v) is 9.14. The number of carbonyl (C=O) groups is 1. The van der Waals surface area contributed by atoms with Crippen LogP contribution in [0.25, 0.3) is 0 Å². The fourth-order valence-electron chi connectivity index (χ4n) is 3.18. The van der Waals surface area contributed by atoms with Crippen molar-refractivity contribution in [1.29, 1.82) is 0 Å². The molecule has 1 aliphatic rings. The predicted molar refractivity (Wildman–Crippen MR) is 107 cm³/mol. The summed E-state index contributed by atoms with van der Waals surface area (Å²) in [5, 5.41) is 9.38. The zero-order valence-corrected chi connectivity index (χ0v) is 16.4. The number of nitrogens with zero attached hydrogens (tertiary/aromatic N) is 2. The Hall–Kier alpha value is -2.48. The molecule has 9 heteroatoms. The maximum Gasteiger partial charge on any atom is 0.251 e. The van der Waals surface area contributed by atoms with Crippen molar-refractivity contribution < 1.29 is 13.6 Å². The Labute approximate surface area is 169 Å². The van der Waals surface area contributed by atoms with E-state index >= 15 is 0 Å². The monoisotopic (exact) mass is 411 g/mol. The van der Waals surface area contributed by atoms with Gasteiger partial charge in [0.1, 0.15) is 5.82 Å². The van der Waals surface area contributed by atoms with E-state index in [0.29, 0.717) is 5.95 Å². The highest BCUT2D eigenvalue weighted by Gasteiger charge is 2.23. The first-order valence-electron chi connectivity index (χ1n) is 9.14. The first kappa shape index (κ1) is 21.8. The molecule has 0 aliphatic heterocycles. The van der Waals surface area contributed by atoms with Crippen molar-refractivity contribution in [2.24, 2.45) is 0 Å². The summed E-state index contributed by atoms with van der Waals surface area (Å²) in [6, 6.07) is 5.24. The van der Waals surface area contributed by atoms with Gasteiger partial charge in [0.25, 0.3) is 5.91 Å². The van der Waals surface area contributed by atoms with Gasteiger partial charge in [-0.25, -0.2) is 13.8 Å². The number of amides is 1. The van der Waals surface area contributed by atoms with Gasteiger partial charge in [-0.1, -0.05) is 0 Å². The Bertz CT molecular complexity index is 800. The molecule has 28 heavy (non-hydrogen) atoms. The lowest BCUT2D eigenvalue weighted by atomic mass is 9.91. The number of aromatic nitrogens is 2. The number of rotatable bonds is 6. The molecule has 6 nitrogen and oxygen atoms in total. The van der Waals surface area contributed by atoms with E-state index in [4.69, 9.17) is 0 Å². The van der Waals surface area contributed by atoms with Crippen molar-refractivity contribution in [3.05, 3.63) is 47.7 Å². The van der Waals surface area contributed by atoms with Gasteiger partial charge >= 0.3 is 0 Å². The summed E-state index contributed by atoms with van der Waals surface area (Å²) < 4.78 is 26.3. The number of hydrogen-bond donors (Lipinski definition) is 3. The Morgan fingerprint density at radius 1 is 1.11 bits per heavy atom. The zero-order chi connectivity index (χ0) is 19.2. The molecule has 0 radical (unpaired) electrons. The van der Waals surface area contributed by atoms with Crippen molar-refractivity contribution in [2.45, 2.75) is 44.7 Å². The summed E-state index contributed by atoms with van der Waals surface area (Å²) in [5.74, 6) is -0.994. The lowest BCUT2D eigenvalue weighted by molar-refractivity contribution is 0.0926. The van der Waals surface area contributed by atoms with Crippen LogP contribution in [0.1, 0.15) is 43.0 Å². The van der Waals surface area contributed by atoms with Crippen LogP contribution in [0.3, 0.4) is 0 Å². The van der Waals surface area contributed by atoms with E-state index in [1.807, 2.05) is 13.0 Å². The van der Waals surface area contributed by atoms with Crippen LogP contribution in [0.4, 0.5) is 20.5 Å². The van der Waals surface area contributed by atoms with Gasteiger partial charge in [0.05, 0.1) is 0 Å². The largest absolute Gasteiger partial charge is 0.370 e. The van der Waals surface area contributed by atoms with Crippen molar-refractivity contribution in [3.8, 4) is 0 Å². The third-order valence-corrected chi connectivity index (χ3v) is 4.59. The molecule has 152 valence electrons. The SMILES string of the molecule is CCNc1ccnc(NC2CCC(NC(=O)c3ccc(F)c(F)c3)CC2)n1.Cl. The van der Waals surface area contributed by atoms with E-state index in [-0.39, 0.29) is 36.0 Å². The van der Waals surface area contributed by atoms with E-state index < -0.39 is 11.6 Å². The number of halogens is 3. The molecule has 1 saturated carbocycles. The summed E-state index contributed by atoms with van der Waals surface area (Å²) in [6.07, 6.45) is 5.01. The van der Waals surface area contributed by atoms with Gasteiger partial charge in [-0.2, -0.15) is 4.98 Å². The van der Waals surface area contributed by atoms with Gasteiger partial charge in [-0.05, 0) is 56.9 Å². The van der Waals surface area contributed by atoms with Crippen LogP contribution in [-0.2, 0) is 0 Å². The van der Waals surface area contributed by atoms with E-state index in [1.54, 1.807) is 6.20 Å². The molecule has 1 heterocycles. The second-order valence-electron chi connectivity index (χ2n) is 6.59. The molecular weight excluding hydrogens is 388 g/mol. The Morgan fingerprint density at radius 3 is 2.50 bits per heavy atom. The smallest absolute Gasteiger partial charge is 0.251 e. The van der Waals surface area contributed by atoms with E-state index in [0.717, 1.165) is 50.2 Å². The lowest BCUT2D eigenvalue weighted by Gasteiger charge is -2.29. The second kappa shape index (κ2) is 10.2. The van der Waals surface area contributed by atoms with Crippen molar-refractivity contribution in [3.63, 3.8) is 0 Å². The molecule has 2 aromatic rings. The van der Waals surface area contributed by atoms with Crippen LogP contribution in [0.5, 0.6) is 0 Å². The molecular formula is C19H24ClF2N5O. The molecule has 0 atom stereocenters. The van der Waals surface area contributed by atoms with Crippen LogP contribution in [0, 0.1) is 11.6 Å². The fraction of sp³-hybridized carbons (Fsp3) is 0.421. The maximum atomic E-state index is 13.3. The number of benzene rings is 1. The van der Waals surface area contributed by atoms with Gasteiger partial charge < -0.3 is 16.0 Å². The van der Waals surface area contributed by atoms with Crippen molar-refractivity contribution in [2.75, 3.05) is 17.2 Å². The minimum Gasteiger partial charge on any atom is -0.370 e. The van der Waals surface area contributed by atoms with E-state index in [9.17, 15) is 13.6 Å². The molecule has 1 fully saturated rings. The van der Waals surface area contributed by atoms with E-state index in [1.165, 1.54) is 6.07 Å². The average molecular weight is 412 g/mol. The Morgan fingerprint density at radius 2 is 1.82 bits per heavy atom. The number of anilines is 2. The van der Waals surface area contributed by atoms with Gasteiger partial charge in [-0.3, -0.25) is 4.79 Å². The van der Waals surface area contributed by atoms with E-state index in [2.05, 4.69) is 25.9 Å². The zero-order valence-electron chi connectivity index (χ0n) is 15.5. The van der Waals surface area contributed by atoms with Gasteiger partial charge in [-0.15, -0.1) is 12.4 Å². The van der Waals surface area contributed by atoms with Crippen LogP contribution < -0.4 is 16.0 Å². The minimum absolute atomic E-state index is 0. The summed E-state index contributed by atoms with van der Waals surface area (Å²) in [4.78, 5) is 20.9. The molecule has 3 rings (SSSR count). The molecule has 3 N–H and O–H groups in total. The van der Waals surface area contributed by atoms with Crippen molar-refractivity contribution >= 4 is 30.1 Å². The maximum absolute atomic E-state index is 13.3. The third kappa shape index (κ3) is 5.76. The Balaban J connectivity index is 0.00000280. The summed E-state index contributed by atoms with van der Waals surface area (Å²) in [7, 11) is 0. The molecule has 0 unspecified atom stereocenters. The highest BCUT2D eigenvalue weighted by molar-refractivity contribution is 5.94. The number of nitrogens with one attached hydrogen (secondary N) is 3. The summed E-state index contributed by atoms with van der Waals surface area (Å²) >= 11 is 0. The molecule has 1 aliphatic carbocycles. The fourth-order valence-corrected chi connectivity index (χ4v) is 3.18. The standard InChI is InChI=1S/C19H23F2N5O.ClH/c1-2-22-17-9-10-23-19(26-17)25-14-6-4-13(5-7-14)24-18(27)12-3-8-15(20)16(21)11-12;/h3,8-11,13-14H,2,4-7H2,1H3,(H,24,27)(H2,22,23,25,26);1H. The van der Waals surface area contributed by atoms with Crippen LogP contribution in [0.15, 0.2) is 30.5 Å². The molecule has 1 aromatic carbocycles. The first-order chi connectivity index (χ1) is 13.0. The quantitative estimate of drug-likeness (QED) is 0.674. The normalized spacial score (nSPS) is 18.7. The molecule has 0 spiro atoms. The molecule has 0 bridgehead atoms. The molecule has 0 saturated heterocycles. The summed E-state index contributed by atoms with van der Waals surface area (Å²) in [6.45, 7) is 2.80. The Kier molecular flexibility index (Phi) is 7.92.